The van der Waals surface area contributed by atoms with Crippen molar-refractivity contribution in [1.82, 2.24) is 5.32 Å². The quantitative estimate of drug-likeness (QED) is 0.452. The number of rotatable bonds is 1. The Balaban J connectivity index is 2.85. The Morgan fingerprint density at radius 3 is 2.85 bits per heavy atom. The van der Waals surface area contributed by atoms with Crippen LogP contribution in [-0.4, -0.2) is 12.5 Å². The van der Waals surface area contributed by atoms with E-state index in [2.05, 4.69) is 5.32 Å². The van der Waals surface area contributed by atoms with Crippen LogP contribution in [0.25, 0.3) is 0 Å². The maximum absolute atomic E-state index is 10.8. The van der Waals surface area contributed by atoms with Gasteiger partial charge in [0.15, 0.2) is 0 Å². The van der Waals surface area contributed by atoms with Gasteiger partial charge >= 0.3 is 0 Å². The van der Waals surface area contributed by atoms with Crippen molar-refractivity contribution >= 4 is 5.91 Å². The van der Waals surface area contributed by atoms with Crippen LogP contribution in [0, 0.1) is 11.3 Å². The van der Waals surface area contributed by atoms with Crippen LogP contribution in [0.1, 0.15) is 25.7 Å². The molecular formula is C9H13N3O. The second-order valence-corrected chi connectivity index (χ2v) is 3.07. The highest BCUT2D eigenvalue weighted by atomic mass is 16.1. The average molecular weight is 179 g/mol. The van der Waals surface area contributed by atoms with Gasteiger partial charge in [0.25, 0.3) is 5.91 Å². The fraction of sp³-hybridized carbons (Fsp3) is 0.556. The van der Waals surface area contributed by atoms with Gasteiger partial charge in [-0.25, -0.2) is 0 Å². The zero-order valence-corrected chi connectivity index (χ0v) is 7.47. The molecule has 13 heavy (non-hydrogen) atoms. The van der Waals surface area contributed by atoms with E-state index in [0.29, 0.717) is 5.70 Å². The molecule has 1 heterocycles. The lowest BCUT2D eigenvalue weighted by molar-refractivity contribution is -0.114. The Morgan fingerprint density at radius 2 is 2.23 bits per heavy atom. The molecule has 1 fully saturated rings. The number of nitriles is 1. The molecule has 1 aliphatic heterocycles. The molecular weight excluding hydrogens is 166 g/mol. The van der Waals surface area contributed by atoms with E-state index in [0.717, 1.165) is 32.2 Å². The van der Waals surface area contributed by atoms with Gasteiger partial charge in [0.05, 0.1) is 0 Å². The maximum atomic E-state index is 10.8. The lowest BCUT2D eigenvalue weighted by atomic mass is 10.1. The van der Waals surface area contributed by atoms with Gasteiger partial charge in [-0.05, 0) is 19.3 Å². The topological polar surface area (TPSA) is 78.9 Å². The van der Waals surface area contributed by atoms with Crippen LogP contribution in [0.4, 0.5) is 0 Å². The Morgan fingerprint density at radius 1 is 1.46 bits per heavy atom. The molecule has 4 nitrogen and oxygen atoms in total. The van der Waals surface area contributed by atoms with Gasteiger partial charge in [0.1, 0.15) is 11.6 Å². The second kappa shape index (κ2) is 4.51. The smallest absolute Gasteiger partial charge is 0.261 e. The summed E-state index contributed by atoms with van der Waals surface area (Å²) >= 11 is 0. The number of primary amides is 1. The van der Waals surface area contributed by atoms with Gasteiger partial charge in [0, 0.05) is 12.2 Å². The van der Waals surface area contributed by atoms with E-state index in [1.54, 1.807) is 0 Å². The molecule has 0 aromatic carbocycles. The van der Waals surface area contributed by atoms with E-state index < -0.39 is 5.91 Å². The summed E-state index contributed by atoms with van der Waals surface area (Å²) in [6.45, 7) is 0.827. The molecule has 0 aliphatic carbocycles. The maximum Gasteiger partial charge on any atom is 0.261 e. The normalized spacial score (nSPS) is 20.8. The lowest BCUT2D eigenvalue weighted by Gasteiger charge is -2.06. The van der Waals surface area contributed by atoms with Crippen molar-refractivity contribution in [2.24, 2.45) is 5.73 Å². The predicted molar refractivity (Wildman–Crippen MR) is 48.3 cm³/mol. The second-order valence-electron chi connectivity index (χ2n) is 3.07. The molecule has 4 heteroatoms. The zero-order valence-electron chi connectivity index (χ0n) is 7.47. The van der Waals surface area contributed by atoms with E-state index in [-0.39, 0.29) is 5.57 Å². The van der Waals surface area contributed by atoms with Crippen LogP contribution >= 0.6 is 0 Å². The minimum absolute atomic E-state index is 0.0851. The third kappa shape index (κ3) is 2.48. The molecule has 0 atom stereocenters. The number of allylic oxidation sites excluding steroid dienone is 1. The molecule has 1 amide bonds. The number of nitrogens with zero attached hydrogens (tertiary/aromatic N) is 1. The molecule has 0 bridgehead atoms. The van der Waals surface area contributed by atoms with E-state index in [9.17, 15) is 4.79 Å². The summed E-state index contributed by atoms with van der Waals surface area (Å²) < 4.78 is 0. The SMILES string of the molecule is N#C/C(C(N)=O)=C1\CCCCCN1. The first-order valence-corrected chi connectivity index (χ1v) is 4.42. The third-order valence-electron chi connectivity index (χ3n) is 2.10. The summed E-state index contributed by atoms with van der Waals surface area (Å²) in [6.07, 6.45) is 3.99. The first-order chi connectivity index (χ1) is 6.25. The first-order valence-electron chi connectivity index (χ1n) is 4.42. The molecule has 0 aromatic heterocycles. The number of nitrogens with one attached hydrogen (secondary N) is 1. The van der Waals surface area contributed by atoms with Crippen molar-refractivity contribution in [3.8, 4) is 6.07 Å². The predicted octanol–water partition coefficient (Wildman–Crippen LogP) is 0.413. The monoisotopic (exact) mass is 179 g/mol. The van der Waals surface area contributed by atoms with E-state index in [1.165, 1.54) is 0 Å². The van der Waals surface area contributed by atoms with Gasteiger partial charge in [-0.1, -0.05) is 6.42 Å². The Bertz CT molecular complexity index is 265. The summed E-state index contributed by atoms with van der Waals surface area (Å²) in [7, 11) is 0. The number of carbonyl (C=O) groups is 1. The highest BCUT2D eigenvalue weighted by Crippen LogP contribution is 2.14. The van der Waals surface area contributed by atoms with Crippen LogP contribution < -0.4 is 11.1 Å². The average Bonchev–Trinajstić information content (AvgIpc) is 2.33. The number of hydrogen-bond donors (Lipinski definition) is 2. The third-order valence-corrected chi connectivity index (χ3v) is 2.10. The standard InChI is InChI=1S/C9H13N3O/c10-6-7(9(11)13)8-4-2-1-3-5-12-8/h12H,1-5H2,(H2,11,13)/b8-7-. The van der Waals surface area contributed by atoms with Gasteiger partial charge in [0.2, 0.25) is 0 Å². The highest BCUT2D eigenvalue weighted by Gasteiger charge is 2.13. The van der Waals surface area contributed by atoms with Crippen LogP contribution in [0.5, 0.6) is 0 Å². The van der Waals surface area contributed by atoms with Gasteiger partial charge < -0.3 is 11.1 Å². The van der Waals surface area contributed by atoms with Gasteiger partial charge in [-0.15, -0.1) is 0 Å². The minimum atomic E-state index is -0.632. The van der Waals surface area contributed by atoms with Gasteiger partial charge in [-0.3, -0.25) is 4.79 Å². The number of carbonyl (C=O) groups excluding carboxylic acids is 1. The molecule has 70 valence electrons. The van der Waals surface area contributed by atoms with Crippen molar-refractivity contribution in [3.05, 3.63) is 11.3 Å². The Hall–Kier alpha value is -1.50. The van der Waals surface area contributed by atoms with Crippen molar-refractivity contribution in [2.75, 3.05) is 6.54 Å². The van der Waals surface area contributed by atoms with Crippen molar-refractivity contribution in [3.63, 3.8) is 0 Å². The van der Waals surface area contributed by atoms with Crippen LogP contribution in [0.2, 0.25) is 0 Å². The molecule has 1 aliphatic rings. The molecule has 3 N–H and O–H groups in total. The molecule has 0 saturated carbocycles. The van der Waals surface area contributed by atoms with Crippen molar-refractivity contribution in [2.45, 2.75) is 25.7 Å². The number of hydrogen-bond acceptors (Lipinski definition) is 3. The van der Waals surface area contributed by atoms with Crippen molar-refractivity contribution in [1.29, 1.82) is 5.26 Å². The van der Waals surface area contributed by atoms with E-state index >= 15 is 0 Å². The fourth-order valence-electron chi connectivity index (χ4n) is 1.42. The molecule has 0 unspecified atom stereocenters. The summed E-state index contributed by atoms with van der Waals surface area (Å²) in [5, 5.41) is 11.8. The molecule has 0 spiro atoms. The lowest BCUT2D eigenvalue weighted by Crippen LogP contribution is -2.21. The van der Waals surface area contributed by atoms with Crippen molar-refractivity contribution < 1.29 is 4.79 Å². The van der Waals surface area contributed by atoms with Crippen LogP contribution in [0.3, 0.4) is 0 Å². The largest absolute Gasteiger partial charge is 0.387 e. The molecule has 1 saturated heterocycles. The van der Waals surface area contributed by atoms with Gasteiger partial charge in [-0.2, -0.15) is 5.26 Å². The molecule has 1 rings (SSSR count). The summed E-state index contributed by atoms with van der Waals surface area (Å²) in [4.78, 5) is 10.8. The van der Waals surface area contributed by atoms with E-state index in [1.807, 2.05) is 6.07 Å². The minimum Gasteiger partial charge on any atom is -0.387 e. The summed E-state index contributed by atoms with van der Waals surface area (Å²) in [5.41, 5.74) is 5.87. The zero-order chi connectivity index (χ0) is 9.68. The highest BCUT2D eigenvalue weighted by molar-refractivity contribution is 5.96. The summed E-state index contributed by atoms with van der Waals surface area (Å²) in [5.74, 6) is -0.632. The number of amides is 1. The number of nitrogens with two attached hydrogens (primary N) is 1. The van der Waals surface area contributed by atoms with E-state index in [4.69, 9.17) is 11.0 Å². The first kappa shape index (κ1) is 9.59. The molecule has 0 aromatic rings. The van der Waals surface area contributed by atoms with Crippen LogP contribution in [0.15, 0.2) is 11.3 Å². The Kier molecular flexibility index (Phi) is 3.32. The Labute approximate surface area is 77.4 Å². The molecule has 0 radical (unpaired) electrons. The fourth-order valence-corrected chi connectivity index (χ4v) is 1.42. The van der Waals surface area contributed by atoms with Crippen LogP contribution in [-0.2, 0) is 4.79 Å². The summed E-state index contributed by atoms with van der Waals surface area (Å²) in [6, 6.07) is 1.84.